The first-order valence-electron chi connectivity index (χ1n) is 27.5. The molecule has 9 rings (SSSR count). The summed E-state index contributed by atoms with van der Waals surface area (Å²) in [4.78, 5) is 84.4. The first-order valence-corrected chi connectivity index (χ1v) is 31.0. The quantitative estimate of drug-likeness (QED) is 0.0892. The molecule has 21 heteroatoms. The monoisotopic (exact) mass is 1150 g/mol. The number of esters is 4. The first kappa shape index (κ1) is 62.3. The van der Waals surface area contributed by atoms with E-state index in [2.05, 4.69) is 53.1 Å². The number of amides is 2. The number of nitrogens with zero attached hydrogens (tertiary/aromatic N) is 4. The SMILES string of the molecule is COC(=O)c1sccc1N.COC(=O)c1sccc1N(C(=O)C1CCC(C)CC1)C1CCN(C)CC1.COC(=O)c1sccc1N(C(=O)C1CCC(C)CC1)C1CCNCC1.COC(=O)c1sccc1NC1CCN(C)CC1. The van der Waals surface area contributed by atoms with Crippen LogP contribution in [0.1, 0.15) is 142 Å². The van der Waals surface area contributed by atoms with Gasteiger partial charge in [-0.05, 0) is 201 Å². The summed E-state index contributed by atoms with van der Waals surface area (Å²) < 4.78 is 19.1. The topological polar surface area (TPSA) is 202 Å². The summed E-state index contributed by atoms with van der Waals surface area (Å²) in [7, 11) is 9.81. The number of carbonyl (C=O) groups excluding carboxylic acids is 6. The van der Waals surface area contributed by atoms with E-state index in [4.69, 9.17) is 19.9 Å². The number of hydrogen-bond donors (Lipinski definition) is 3. The van der Waals surface area contributed by atoms with E-state index in [1.54, 1.807) is 11.4 Å². The molecular weight excluding hydrogens is 1070 g/mol. The molecule has 4 aromatic heterocycles. The van der Waals surface area contributed by atoms with E-state index < -0.39 is 0 Å². The molecule has 0 unspecified atom stereocenters. The summed E-state index contributed by atoms with van der Waals surface area (Å²) in [6.07, 6.45) is 14.3. The number of hydrogen-bond acceptors (Lipinski definition) is 19. The second-order valence-electron chi connectivity index (χ2n) is 21.2. The third kappa shape index (κ3) is 17.1. The van der Waals surface area contributed by atoms with Gasteiger partial charge in [0.05, 0.1) is 51.2 Å². The van der Waals surface area contributed by atoms with Crippen molar-refractivity contribution in [2.45, 2.75) is 122 Å². The number of thiophene rings is 4. The molecule has 0 aromatic carbocycles. The maximum atomic E-state index is 13.5. The van der Waals surface area contributed by atoms with Crippen LogP contribution in [0.4, 0.5) is 22.7 Å². The highest BCUT2D eigenvalue weighted by atomic mass is 32.1. The maximum Gasteiger partial charge on any atom is 0.350 e. The molecule has 2 saturated carbocycles. The fourth-order valence-electron chi connectivity index (χ4n) is 10.8. The van der Waals surface area contributed by atoms with E-state index in [1.165, 1.54) is 73.8 Å². The zero-order valence-electron chi connectivity index (χ0n) is 46.9. The molecule has 78 heavy (non-hydrogen) atoms. The second kappa shape index (κ2) is 31.2. The largest absolute Gasteiger partial charge is 0.465 e. The molecule has 5 fully saturated rings. The van der Waals surface area contributed by atoms with E-state index in [0.717, 1.165) is 146 Å². The Balaban J connectivity index is 0.000000177. The maximum absolute atomic E-state index is 13.5. The van der Waals surface area contributed by atoms with Crippen molar-refractivity contribution in [3.63, 3.8) is 0 Å². The summed E-state index contributed by atoms with van der Waals surface area (Å²) >= 11 is 5.42. The van der Waals surface area contributed by atoms with Crippen LogP contribution in [0.25, 0.3) is 0 Å². The van der Waals surface area contributed by atoms with E-state index in [0.29, 0.717) is 43.1 Å². The molecule has 4 aromatic rings. The average Bonchev–Trinajstić information content (AvgIpc) is 4.35. The second-order valence-corrected chi connectivity index (χ2v) is 24.8. The minimum absolute atomic E-state index is 0.0799. The third-order valence-electron chi connectivity index (χ3n) is 15.7. The molecule has 0 spiro atoms. The lowest BCUT2D eigenvalue weighted by atomic mass is 9.82. The van der Waals surface area contributed by atoms with Gasteiger partial charge in [-0.2, -0.15) is 0 Å². The Hall–Kier alpha value is -4.90. The molecule has 4 N–H and O–H groups in total. The van der Waals surface area contributed by atoms with Crippen molar-refractivity contribution < 1.29 is 47.7 Å². The molecule has 7 heterocycles. The van der Waals surface area contributed by atoms with Crippen LogP contribution in [-0.2, 0) is 28.5 Å². The van der Waals surface area contributed by atoms with Crippen LogP contribution in [-0.4, -0.2) is 145 Å². The number of rotatable bonds is 12. The summed E-state index contributed by atoms with van der Waals surface area (Å²) in [6, 6.07) is 8.24. The lowest BCUT2D eigenvalue weighted by Gasteiger charge is -2.39. The molecule has 0 atom stereocenters. The minimum atomic E-state index is -0.368. The Bertz CT molecular complexity index is 2520. The average molecular weight is 1150 g/mol. The molecule has 5 aliphatic rings. The molecule has 3 aliphatic heterocycles. The molecule has 2 amide bonds. The molecule has 2 aliphatic carbocycles. The molecular formula is C57H83N7O10S4. The van der Waals surface area contributed by atoms with Gasteiger partial charge in [0, 0.05) is 30.0 Å². The number of nitrogens with two attached hydrogens (primary N) is 1. The van der Waals surface area contributed by atoms with E-state index >= 15 is 0 Å². The van der Waals surface area contributed by atoms with Crippen molar-refractivity contribution in [1.82, 2.24) is 15.1 Å². The Morgan fingerprint density at radius 1 is 0.513 bits per heavy atom. The van der Waals surface area contributed by atoms with Gasteiger partial charge < -0.3 is 54.9 Å². The van der Waals surface area contributed by atoms with Gasteiger partial charge in [0.15, 0.2) is 0 Å². The molecule has 0 radical (unpaired) electrons. The van der Waals surface area contributed by atoms with Crippen LogP contribution >= 0.6 is 45.3 Å². The summed E-state index contributed by atoms with van der Waals surface area (Å²) in [5.74, 6) is 0.658. The van der Waals surface area contributed by atoms with Gasteiger partial charge in [0.25, 0.3) is 0 Å². The van der Waals surface area contributed by atoms with Crippen LogP contribution in [0.5, 0.6) is 0 Å². The standard InChI is InChI=1S/C20H30N2O3S.C19H28N2O3S.C12H18N2O2S.C6H7NO2S/c1-14-4-6-15(7-5-14)19(23)22(16-8-11-21(2)12-9-16)17-10-13-26-18(17)20(24)25-3;1-13-3-5-14(6-4-13)18(22)21(15-7-10-20-11-8-15)16-9-12-25-17(16)19(23)24-2;1-14-6-3-9(4-7-14)13-10-5-8-17-11(10)12(15)16-2;1-9-6(8)5-4(7)2-3-10-5/h10,13-16H,4-9,11-12H2,1-3H3;9,12-15,20H,3-8,10-11H2,1-2H3;5,8-9,13H,3-4,6-7H2,1-2H3;2-3H,7H2,1H3. The van der Waals surface area contributed by atoms with Gasteiger partial charge >= 0.3 is 23.9 Å². The van der Waals surface area contributed by atoms with Crippen molar-refractivity contribution in [2.75, 3.05) is 103 Å². The smallest absolute Gasteiger partial charge is 0.350 e. The number of methoxy groups -OCH3 is 4. The predicted molar refractivity (Wildman–Crippen MR) is 315 cm³/mol. The van der Waals surface area contributed by atoms with Crippen LogP contribution < -0.4 is 26.2 Å². The minimum Gasteiger partial charge on any atom is -0.465 e. The van der Waals surface area contributed by atoms with Crippen LogP contribution in [0, 0.1) is 23.7 Å². The van der Waals surface area contributed by atoms with E-state index in [-0.39, 0.29) is 59.6 Å². The first-order chi connectivity index (χ1) is 37.6. The molecule has 3 saturated heterocycles. The lowest BCUT2D eigenvalue weighted by Crippen LogP contribution is -2.49. The zero-order valence-corrected chi connectivity index (χ0v) is 50.2. The normalized spacial score (nSPS) is 21.4. The lowest BCUT2D eigenvalue weighted by molar-refractivity contribution is -0.125. The predicted octanol–water partition coefficient (Wildman–Crippen LogP) is 10.4. The highest BCUT2D eigenvalue weighted by Crippen LogP contribution is 2.38. The summed E-state index contributed by atoms with van der Waals surface area (Å²) in [5, 5.41) is 14.3. The summed E-state index contributed by atoms with van der Waals surface area (Å²) in [6.45, 7) is 10.5. The number of likely N-dealkylation sites (tertiary alicyclic amines) is 2. The van der Waals surface area contributed by atoms with Gasteiger partial charge in [-0.15, -0.1) is 45.3 Å². The van der Waals surface area contributed by atoms with Crippen LogP contribution in [0.2, 0.25) is 0 Å². The Labute approximate surface area is 477 Å². The highest BCUT2D eigenvalue weighted by molar-refractivity contribution is 7.13. The van der Waals surface area contributed by atoms with Gasteiger partial charge in [-0.1, -0.05) is 13.8 Å². The van der Waals surface area contributed by atoms with Crippen molar-refractivity contribution in [3.8, 4) is 0 Å². The number of ether oxygens (including phenoxy) is 4. The fourth-order valence-corrected chi connectivity index (χ4v) is 13.9. The highest BCUT2D eigenvalue weighted by Gasteiger charge is 2.38. The van der Waals surface area contributed by atoms with Crippen molar-refractivity contribution in [2.24, 2.45) is 23.7 Å². The number of anilines is 4. The molecule has 430 valence electrons. The van der Waals surface area contributed by atoms with Crippen LogP contribution in [0.15, 0.2) is 45.8 Å². The molecule has 0 bridgehead atoms. The number of nitrogens with one attached hydrogen (secondary N) is 2. The Morgan fingerprint density at radius 3 is 1.32 bits per heavy atom. The summed E-state index contributed by atoms with van der Waals surface area (Å²) in [5.41, 5.74) is 8.32. The van der Waals surface area contributed by atoms with Crippen molar-refractivity contribution in [1.29, 1.82) is 0 Å². The fraction of sp³-hybridized carbons (Fsp3) is 0.614. The van der Waals surface area contributed by atoms with Gasteiger partial charge in [-0.25, -0.2) is 19.2 Å². The van der Waals surface area contributed by atoms with Gasteiger partial charge in [-0.3, -0.25) is 9.59 Å². The van der Waals surface area contributed by atoms with Crippen LogP contribution in [0.3, 0.4) is 0 Å². The van der Waals surface area contributed by atoms with Crippen molar-refractivity contribution >= 4 is 104 Å². The van der Waals surface area contributed by atoms with Crippen molar-refractivity contribution in [3.05, 3.63) is 65.3 Å². The molecule has 17 nitrogen and oxygen atoms in total. The Kier molecular flexibility index (Phi) is 24.9. The number of carbonyl (C=O) groups is 6. The third-order valence-corrected chi connectivity index (χ3v) is 19.2. The van der Waals surface area contributed by atoms with E-state index in [9.17, 15) is 28.8 Å². The number of nitrogen functional groups attached to an aromatic ring is 1. The zero-order chi connectivity index (χ0) is 56.3. The Morgan fingerprint density at radius 2 is 0.885 bits per heavy atom. The number of piperidine rings is 3. The van der Waals surface area contributed by atoms with E-state index in [1.807, 2.05) is 44.1 Å². The van der Waals surface area contributed by atoms with Gasteiger partial charge in [0.1, 0.15) is 19.5 Å². The van der Waals surface area contributed by atoms with Gasteiger partial charge in [0.2, 0.25) is 11.8 Å².